The molecule has 28 heavy (non-hydrogen) atoms. The zero-order valence-electron chi connectivity index (χ0n) is 15.7. The first-order valence-electron chi connectivity index (χ1n) is 9.03. The fourth-order valence-corrected chi connectivity index (χ4v) is 6.00. The molecule has 0 unspecified atom stereocenters. The maximum Gasteiger partial charge on any atom is 0.233 e. The average molecular weight is 483 g/mol. The van der Waals surface area contributed by atoms with Gasteiger partial charge in [0.05, 0.1) is 11.5 Å². The molecule has 0 aliphatic carbocycles. The quantitative estimate of drug-likeness (QED) is 0.590. The summed E-state index contributed by atoms with van der Waals surface area (Å²) >= 11 is 4.96. The maximum absolute atomic E-state index is 12.6. The van der Waals surface area contributed by atoms with Crippen LogP contribution in [0.4, 0.5) is 0 Å². The Balaban J connectivity index is 1.51. The summed E-state index contributed by atoms with van der Waals surface area (Å²) in [7, 11) is -3.36. The van der Waals surface area contributed by atoms with Crippen molar-refractivity contribution in [1.82, 2.24) is 9.21 Å². The second-order valence-electron chi connectivity index (χ2n) is 6.72. The van der Waals surface area contributed by atoms with Crippen molar-refractivity contribution in [2.75, 3.05) is 31.9 Å². The molecule has 0 spiro atoms. The van der Waals surface area contributed by atoms with E-state index in [1.165, 1.54) is 16.1 Å². The van der Waals surface area contributed by atoms with Crippen molar-refractivity contribution < 1.29 is 13.2 Å². The van der Waals surface area contributed by atoms with E-state index in [0.717, 1.165) is 20.5 Å². The van der Waals surface area contributed by atoms with Gasteiger partial charge in [0.2, 0.25) is 15.9 Å². The van der Waals surface area contributed by atoms with E-state index in [-0.39, 0.29) is 11.7 Å². The molecule has 0 aromatic heterocycles. The van der Waals surface area contributed by atoms with E-state index in [0.29, 0.717) is 31.9 Å². The van der Waals surface area contributed by atoms with Gasteiger partial charge < -0.3 is 4.90 Å². The van der Waals surface area contributed by atoms with Crippen LogP contribution in [0.1, 0.15) is 11.1 Å². The van der Waals surface area contributed by atoms with E-state index >= 15 is 0 Å². The Kier molecular flexibility index (Phi) is 7.20. The Bertz CT molecular complexity index is 928. The fraction of sp³-hybridized carbons (Fsp3) is 0.350. The molecule has 0 atom stereocenters. The third-order valence-corrected chi connectivity index (χ3v) is 8.17. The number of nitrogens with zero attached hydrogens (tertiary/aromatic N) is 2. The zero-order chi connectivity index (χ0) is 20.1. The standard InChI is InChI=1S/C20H23BrN2O3S2/c1-16-13-18(21)7-8-19(16)27-14-20(24)22-9-11-23(12-10-22)28(25,26)15-17-5-3-2-4-6-17/h2-8,13H,9-12,14-15H2,1H3. The smallest absolute Gasteiger partial charge is 0.233 e. The number of sulfonamides is 1. The number of thioether (sulfide) groups is 1. The number of benzene rings is 2. The van der Waals surface area contributed by atoms with Gasteiger partial charge in [0.25, 0.3) is 0 Å². The molecule has 150 valence electrons. The van der Waals surface area contributed by atoms with Gasteiger partial charge in [-0.25, -0.2) is 8.42 Å². The van der Waals surface area contributed by atoms with Crippen LogP contribution >= 0.6 is 27.7 Å². The SMILES string of the molecule is Cc1cc(Br)ccc1SCC(=O)N1CCN(S(=O)(=O)Cc2ccccc2)CC1. The summed E-state index contributed by atoms with van der Waals surface area (Å²) < 4.78 is 27.8. The molecule has 1 heterocycles. The molecule has 8 heteroatoms. The lowest BCUT2D eigenvalue weighted by atomic mass is 10.2. The number of carbonyl (C=O) groups is 1. The van der Waals surface area contributed by atoms with Crippen molar-refractivity contribution in [1.29, 1.82) is 0 Å². The van der Waals surface area contributed by atoms with Gasteiger partial charge in [0.1, 0.15) is 0 Å². The van der Waals surface area contributed by atoms with Gasteiger partial charge in [-0.05, 0) is 36.2 Å². The highest BCUT2D eigenvalue weighted by molar-refractivity contribution is 9.10. The summed E-state index contributed by atoms with van der Waals surface area (Å²) in [5.74, 6) is 0.409. The van der Waals surface area contributed by atoms with Gasteiger partial charge in [-0.3, -0.25) is 4.79 Å². The number of amides is 1. The lowest BCUT2D eigenvalue weighted by molar-refractivity contribution is -0.129. The molecule has 1 aliphatic rings. The molecule has 2 aromatic carbocycles. The Hall–Kier alpha value is -1.35. The molecule has 3 rings (SSSR count). The van der Waals surface area contributed by atoms with Gasteiger partial charge in [-0.15, -0.1) is 11.8 Å². The van der Waals surface area contributed by atoms with Gasteiger partial charge >= 0.3 is 0 Å². The van der Waals surface area contributed by atoms with Gasteiger partial charge in [0.15, 0.2) is 0 Å². The molecule has 0 radical (unpaired) electrons. The molecule has 1 aliphatic heterocycles. The minimum atomic E-state index is -3.36. The van der Waals surface area contributed by atoms with Crippen LogP contribution < -0.4 is 0 Å². The van der Waals surface area contributed by atoms with Crippen LogP contribution in [0.5, 0.6) is 0 Å². The number of rotatable bonds is 6. The summed E-state index contributed by atoms with van der Waals surface area (Å²) in [5, 5.41) is 0. The van der Waals surface area contributed by atoms with E-state index in [2.05, 4.69) is 15.9 Å². The number of aryl methyl sites for hydroxylation is 1. The molecule has 0 bridgehead atoms. The van der Waals surface area contributed by atoms with Crippen LogP contribution in [0.2, 0.25) is 0 Å². The van der Waals surface area contributed by atoms with Crippen molar-refractivity contribution in [2.24, 2.45) is 0 Å². The third kappa shape index (κ3) is 5.59. The highest BCUT2D eigenvalue weighted by Crippen LogP contribution is 2.25. The second-order valence-corrected chi connectivity index (χ2v) is 10.6. The summed E-state index contributed by atoms with van der Waals surface area (Å²) in [6.45, 7) is 3.60. The number of piperazine rings is 1. The van der Waals surface area contributed by atoms with Gasteiger partial charge in [-0.1, -0.05) is 46.3 Å². The normalized spacial score (nSPS) is 15.6. The first-order valence-corrected chi connectivity index (χ1v) is 12.4. The maximum atomic E-state index is 12.6. The molecule has 1 fully saturated rings. The monoisotopic (exact) mass is 482 g/mol. The molecule has 0 saturated carbocycles. The Morgan fingerprint density at radius 3 is 2.39 bits per heavy atom. The Morgan fingerprint density at radius 2 is 1.75 bits per heavy atom. The van der Waals surface area contributed by atoms with E-state index in [9.17, 15) is 13.2 Å². The summed E-state index contributed by atoms with van der Waals surface area (Å²) in [6, 6.07) is 15.2. The van der Waals surface area contributed by atoms with Crippen molar-refractivity contribution in [3.8, 4) is 0 Å². The second kappa shape index (κ2) is 9.43. The van der Waals surface area contributed by atoms with Gasteiger partial charge in [-0.2, -0.15) is 4.31 Å². The van der Waals surface area contributed by atoms with Crippen molar-refractivity contribution >= 4 is 43.6 Å². The van der Waals surface area contributed by atoms with E-state index in [1.807, 2.05) is 55.5 Å². The topological polar surface area (TPSA) is 57.7 Å². The molecular weight excluding hydrogens is 460 g/mol. The Labute approximate surface area is 179 Å². The predicted molar refractivity (Wildman–Crippen MR) is 117 cm³/mol. The third-order valence-electron chi connectivity index (χ3n) is 4.66. The molecule has 1 saturated heterocycles. The molecule has 2 aromatic rings. The summed E-state index contributed by atoms with van der Waals surface area (Å²) in [5.41, 5.74) is 1.91. The van der Waals surface area contributed by atoms with E-state index in [1.54, 1.807) is 4.90 Å². The van der Waals surface area contributed by atoms with Crippen LogP contribution in [-0.4, -0.2) is 55.5 Å². The zero-order valence-corrected chi connectivity index (χ0v) is 18.9. The minimum absolute atomic E-state index is 0.000478. The van der Waals surface area contributed by atoms with Crippen LogP contribution in [0.25, 0.3) is 0 Å². The fourth-order valence-electron chi connectivity index (χ4n) is 3.10. The van der Waals surface area contributed by atoms with Gasteiger partial charge in [0, 0.05) is 35.5 Å². The lowest BCUT2D eigenvalue weighted by Gasteiger charge is -2.34. The van der Waals surface area contributed by atoms with Crippen LogP contribution in [0, 0.1) is 6.92 Å². The molecule has 1 amide bonds. The molecule has 5 nitrogen and oxygen atoms in total. The first-order chi connectivity index (χ1) is 13.3. The summed E-state index contributed by atoms with van der Waals surface area (Å²) in [6.07, 6.45) is 0. The van der Waals surface area contributed by atoms with Crippen molar-refractivity contribution in [2.45, 2.75) is 17.6 Å². The van der Waals surface area contributed by atoms with Crippen molar-refractivity contribution in [3.63, 3.8) is 0 Å². The first kappa shape index (κ1) is 21.4. The number of carbonyl (C=O) groups excluding carboxylic acids is 1. The van der Waals surface area contributed by atoms with E-state index in [4.69, 9.17) is 0 Å². The lowest BCUT2D eigenvalue weighted by Crippen LogP contribution is -2.51. The highest BCUT2D eigenvalue weighted by Gasteiger charge is 2.28. The highest BCUT2D eigenvalue weighted by atomic mass is 79.9. The van der Waals surface area contributed by atoms with Crippen LogP contribution in [0.15, 0.2) is 57.9 Å². The number of halogens is 1. The largest absolute Gasteiger partial charge is 0.339 e. The van der Waals surface area contributed by atoms with E-state index < -0.39 is 10.0 Å². The molecule has 0 N–H and O–H groups in total. The van der Waals surface area contributed by atoms with Crippen molar-refractivity contribution in [3.05, 3.63) is 64.1 Å². The number of hydrogen-bond donors (Lipinski definition) is 0. The summed E-state index contributed by atoms with van der Waals surface area (Å²) in [4.78, 5) is 15.4. The predicted octanol–water partition coefficient (Wildman–Crippen LogP) is 3.52. The minimum Gasteiger partial charge on any atom is -0.339 e. The van der Waals surface area contributed by atoms with Crippen LogP contribution in [0.3, 0.4) is 0 Å². The average Bonchev–Trinajstić information content (AvgIpc) is 2.67. The Morgan fingerprint density at radius 1 is 1.07 bits per heavy atom. The van der Waals surface area contributed by atoms with Crippen LogP contribution in [-0.2, 0) is 20.6 Å². The number of hydrogen-bond acceptors (Lipinski definition) is 4. The molecular formula is C20H23BrN2O3S2.